The summed E-state index contributed by atoms with van der Waals surface area (Å²) < 4.78 is 12.3. The van der Waals surface area contributed by atoms with Gasteiger partial charge in [0.25, 0.3) is 0 Å². The second kappa shape index (κ2) is 13.5. The highest BCUT2D eigenvalue weighted by atomic mass is 79.9. The van der Waals surface area contributed by atoms with Crippen LogP contribution in [0.3, 0.4) is 0 Å². The molecule has 1 N–H and O–H groups in total. The maximum Gasteiger partial charge on any atom is 0.175 e. The summed E-state index contributed by atoms with van der Waals surface area (Å²) in [6, 6.07) is 11.7. The van der Waals surface area contributed by atoms with Crippen molar-refractivity contribution >= 4 is 52.3 Å². The second-order valence-electron chi connectivity index (χ2n) is 6.00. The van der Waals surface area contributed by atoms with Gasteiger partial charge in [0.05, 0.1) is 11.6 Å². The number of methoxy groups -OCH3 is 1. The summed E-state index contributed by atoms with van der Waals surface area (Å²) in [6.45, 7) is 3.16. The maximum absolute atomic E-state index is 5.95. The summed E-state index contributed by atoms with van der Waals surface area (Å²) in [4.78, 5) is 2.15. The highest BCUT2D eigenvalue weighted by Crippen LogP contribution is 2.37. The molecule has 0 spiro atoms. The van der Waals surface area contributed by atoms with E-state index < -0.39 is 0 Å². The van der Waals surface area contributed by atoms with Gasteiger partial charge in [-0.2, -0.15) is 0 Å². The zero-order valence-corrected chi connectivity index (χ0v) is 19.6. The van der Waals surface area contributed by atoms with Crippen LogP contribution in [-0.2, 0) is 13.2 Å². The van der Waals surface area contributed by atoms with Gasteiger partial charge in [-0.3, -0.25) is 0 Å². The van der Waals surface area contributed by atoms with Crippen molar-refractivity contribution in [2.75, 3.05) is 34.3 Å². The Morgan fingerprint density at radius 2 is 1.74 bits per heavy atom. The third kappa shape index (κ3) is 8.90. The highest BCUT2D eigenvalue weighted by Gasteiger charge is 2.12. The molecule has 0 saturated heterocycles. The van der Waals surface area contributed by atoms with E-state index in [9.17, 15) is 0 Å². The number of hydrogen-bond donors (Lipinski definition) is 1. The Morgan fingerprint density at radius 3 is 2.33 bits per heavy atom. The smallest absolute Gasteiger partial charge is 0.175 e. The third-order valence-corrected chi connectivity index (χ3v) is 4.49. The molecule has 2 aromatic carbocycles. The molecule has 0 aliphatic carbocycles. The standard InChI is InChI=1S/C19H24BrClN2O2.2ClH/c1-23(2)9-8-22-12-15-10-17(20)19(18(11-15)24-3)25-13-14-4-6-16(21)7-5-14;;/h4-7,10-11,22H,8-9,12-13H2,1-3H3;2*1H. The van der Waals surface area contributed by atoms with Gasteiger partial charge in [-0.1, -0.05) is 23.7 Å². The van der Waals surface area contributed by atoms with Gasteiger partial charge >= 0.3 is 0 Å². The molecule has 0 heterocycles. The molecule has 0 atom stereocenters. The van der Waals surface area contributed by atoms with Gasteiger partial charge in [0.15, 0.2) is 11.5 Å². The third-order valence-electron chi connectivity index (χ3n) is 3.65. The molecular weight excluding hydrogens is 474 g/mol. The largest absolute Gasteiger partial charge is 0.493 e. The SMILES string of the molecule is COc1cc(CNCCN(C)C)cc(Br)c1OCc1ccc(Cl)cc1.Cl.Cl. The summed E-state index contributed by atoms with van der Waals surface area (Å²) in [5.74, 6) is 1.42. The van der Waals surface area contributed by atoms with Crippen LogP contribution in [0.25, 0.3) is 0 Å². The van der Waals surface area contributed by atoms with Gasteiger partial charge in [-0.05, 0) is 65.4 Å². The molecule has 27 heavy (non-hydrogen) atoms. The molecule has 0 radical (unpaired) electrons. The van der Waals surface area contributed by atoms with Crippen molar-refractivity contribution in [1.29, 1.82) is 0 Å². The molecule has 4 nitrogen and oxygen atoms in total. The first kappa shape index (κ1) is 26.3. The molecule has 0 aromatic heterocycles. The van der Waals surface area contributed by atoms with Crippen molar-refractivity contribution in [1.82, 2.24) is 10.2 Å². The molecule has 0 amide bonds. The van der Waals surface area contributed by atoms with E-state index in [2.05, 4.69) is 46.3 Å². The molecule has 8 heteroatoms. The van der Waals surface area contributed by atoms with Crippen LogP contribution < -0.4 is 14.8 Å². The van der Waals surface area contributed by atoms with Crippen molar-refractivity contribution in [3.8, 4) is 11.5 Å². The lowest BCUT2D eigenvalue weighted by Crippen LogP contribution is -2.26. The summed E-state index contributed by atoms with van der Waals surface area (Å²) in [5.41, 5.74) is 2.19. The molecule has 2 rings (SSSR count). The topological polar surface area (TPSA) is 33.7 Å². The van der Waals surface area contributed by atoms with Crippen molar-refractivity contribution < 1.29 is 9.47 Å². The zero-order chi connectivity index (χ0) is 18.2. The average molecular weight is 501 g/mol. The fraction of sp³-hybridized carbons (Fsp3) is 0.368. The number of halogens is 4. The van der Waals surface area contributed by atoms with Gasteiger partial charge in [0, 0.05) is 24.7 Å². The zero-order valence-electron chi connectivity index (χ0n) is 15.6. The molecule has 0 aliphatic rings. The first-order valence-electron chi connectivity index (χ1n) is 8.08. The molecule has 0 unspecified atom stereocenters. The minimum absolute atomic E-state index is 0. The van der Waals surface area contributed by atoms with E-state index in [4.69, 9.17) is 21.1 Å². The molecule has 2 aromatic rings. The Kier molecular flexibility index (Phi) is 13.1. The Morgan fingerprint density at radius 1 is 1.07 bits per heavy atom. The van der Waals surface area contributed by atoms with Crippen molar-refractivity contribution in [2.45, 2.75) is 13.2 Å². The van der Waals surface area contributed by atoms with Crippen LogP contribution in [0.2, 0.25) is 5.02 Å². The van der Waals surface area contributed by atoms with Crippen LogP contribution in [0.5, 0.6) is 11.5 Å². The second-order valence-corrected chi connectivity index (χ2v) is 7.29. The van der Waals surface area contributed by atoms with Gasteiger partial charge in [-0.15, -0.1) is 24.8 Å². The lowest BCUT2D eigenvalue weighted by atomic mass is 10.2. The molecule has 0 bridgehead atoms. The minimum atomic E-state index is 0. The summed E-state index contributed by atoms with van der Waals surface area (Å²) >= 11 is 9.51. The summed E-state index contributed by atoms with van der Waals surface area (Å²) in [7, 11) is 5.78. The first-order chi connectivity index (χ1) is 12.0. The van der Waals surface area contributed by atoms with Gasteiger partial charge in [0.1, 0.15) is 6.61 Å². The quantitative estimate of drug-likeness (QED) is 0.481. The number of ether oxygens (including phenoxy) is 2. The van der Waals surface area contributed by atoms with E-state index in [-0.39, 0.29) is 24.8 Å². The van der Waals surface area contributed by atoms with Crippen LogP contribution in [0.15, 0.2) is 40.9 Å². The molecule has 152 valence electrons. The number of benzene rings is 2. The molecule has 0 fully saturated rings. The van der Waals surface area contributed by atoms with E-state index in [1.54, 1.807) is 7.11 Å². The monoisotopic (exact) mass is 498 g/mol. The Labute approximate surface area is 187 Å². The average Bonchev–Trinajstić information content (AvgIpc) is 2.58. The maximum atomic E-state index is 5.95. The normalized spacial score (nSPS) is 10.1. The number of rotatable bonds is 9. The minimum Gasteiger partial charge on any atom is -0.493 e. The Bertz CT molecular complexity index is 685. The van der Waals surface area contributed by atoms with Gasteiger partial charge in [-0.25, -0.2) is 0 Å². The lowest BCUT2D eigenvalue weighted by Gasteiger charge is -2.15. The fourth-order valence-corrected chi connectivity index (χ4v) is 3.02. The van der Waals surface area contributed by atoms with Crippen LogP contribution in [0, 0.1) is 0 Å². The highest BCUT2D eigenvalue weighted by molar-refractivity contribution is 9.10. The number of likely N-dealkylation sites (N-methyl/N-ethyl adjacent to an activating group) is 1. The van der Waals surface area contributed by atoms with Crippen LogP contribution >= 0.6 is 52.3 Å². The van der Waals surface area contributed by atoms with Crippen LogP contribution in [0.1, 0.15) is 11.1 Å². The number of nitrogens with one attached hydrogen (secondary N) is 1. The van der Waals surface area contributed by atoms with Gasteiger partial charge in [0.2, 0.25) is 0 Å². The predicted octanol–water partition coefficient (Wildman–Crippen LogP) is 5.18. The van der Waals surface area contributed by atoms with E-state index in [1.165, 1.54) is 0 Å². The van der Waals surface area contributed by atoms with Crippen molar-refractivity contribution in [3.63, 3.8) is 0 Å². The summed E-state index contributed by atoms with van der Waals surface area (Å²) in [5, 5.41) is 4.14. The Hall–Kier alpha value is -0.690. The van der Waals surface area contributed by atoms with Crippen LogP contribution in [0.4, 0.5) is 0 Å². The van der Waals surface area contributed by atoms with E-state index in [1.807, 2.05) is 30.3 Å². The van der Waals surface area contributed by atoms with E-state index in [0.717, 1.165) is 35.2 Å². The van der Waals surface area contributed by atoms with Crippen molar-refractivity contribution in [3.05, 3.63) is 57.0 Å². The van der Waals surface area contributed by atoms with E-state index in [0.29, 0.717) is 23.1 Å². The predicted molar refractivity (Wildman–Crippen MR) is 121 cm³/mol. The summed E-state index contributed by atoms with van der Waals surface area (Å²) in [6.07, 6.45) is 0. The lowest BCUT2D eigenvalue weighted by molar-refractivity contribution is 0.282. The molecular formula is C19H26BrCl3N2O2. The van der Waals surface area contributed by atoms with Crippen LogP contribution in [-0.4, -0.2) is 39.2 Å². The molecule has 0 aliphatic heterocycles. The van der Waals surface area contributed by atoms with Gasteiger partial charge < -0.3 is 19.7 Å². The van der Waals surface area contributed by atoms with E-state index >= 15 is 0 Å². The molecule has 0 saturated carbocycles. The van der Waals surface area contributed by atoms with Crippen molar-refractivity contribution in [2.24, 2.45) is 0 Å². The fourth-order valence-electron chi connectivity index (χ4n) is 2.29. The number of hydrogen-bond acceptors (Lipinski definition) is 4. The Balaban J connectivity index is 0.00000338. The number of nitrogens with zero attached hydrogens (tertiary/aromatic N) is 1. The first-order valence-corrected chi connectivity index (χ1v) is 9.26.